The molecule has 1 aromatic heterocycles. The Morgan fingerprint density at radius 3 is 2.37 bits per heavy atom. The highest BCUT2D eigenvalue weighted by atomic mass is 32.2. The number of aromatic nitrogens is 3. The molecule has 0 saturated carbocycles. The van der Waals surface area contributed by atoms with Crippen molar-refractivity contribution in [1.82, 2.24) is 14.8 Å². The molecule has 0 saturated heterocycles. The third-order valence-corrected chi connectivity index (χ3v) is 5.37. The monoisotopic (exact) mass is 383 g/mol. The van der Waals surface area contributed by atoms with Gasteiger partial charge in [0.25, 0.3) is 0 Å². The summed E-state index contributed by atoms with van der Waals surface area (Å²) >= 11 is 1.25. The zero-order valence-corrected chi connectivity index (χ0v) is 16.7. The van der Waals surface area contributed by atoms with Gasteiger partial charge < -0.3 is 4.57 Å². The molecule has 1 heterocycles. The van der Waals surface area contributed by atoms with Crippen LogP contribution in [0.4, 0.5) is 4.39 Å². The second-order valence-electron chi connectivity index (χ2n) is 7.38. The average molecular weight is 383 g/mol. The molecule has 0 unspecified atom stereocenters. The van der Waals surface area contributed by atoms with E-state index in [1.807, 2.05) is 23.7 Å². The van der Waals surface area contributed by atoms with Crippen molar-refractivity contribution in [2.75, 3.05) is 5.75 Å². The molecular formula is C21H22FN3OS. The van der Waals surface area contributed by atoms with E-state index in [1.165, 1.54) is 29.5 Å². The van der Waals surface area contributed by atoms with E-state index < -0.39 is 5.82 Å². The van der Waals surface area contributed by atoms with Crippen LogP contribution in [-0.4, -0.2) is 26.3 Å². The van der Waals surface area contributed by atoms with Gasteiger partial charge in [0.05, 0.1) is 11.3 Å². The zero-order chi connectivity index (χ0) is 19.6. The van der Waals surface area contributed by atoms with Crippen molar-refractivity contribution in [2.24, 2.45) is 7.05 Å². The van der Waals surface area contributed by atoms with E-state index in [2.05, 4.69) is 43.1 Å². The Labute approximate surface area is 162 Å². The van der Waals surface area contributed by atoms with Crippen LogP contribution in [0, 0.1) is 5.82 Å². The van der Waals surface area contributed by atoms with Gasteiger partial charge in [0.2, 0.25) is 0 Å². The van der Waals surface area contributed by atoms with E-state index in [0.29, 0.717) is 5.16 Å². The number of ketones is 1. The molecule has 0 N–H and O–H groups in total. The van der Waals surface area contributed by atoms with Crippen molar-refractivity contribution in [3.63, 3.8) is 0 Å². The molecule has 4 nitrogen and oxygen atoms in total. The fraction of sp³-hybridized carbons (Fsp3) is 0.286. The molecule has 2 aromatic carbocycles. The largest absolute Gasteiger partial charge is 0.305 e. The van der Waals surface area contributed by atoms with Crippen LogP contribution >= 0.6 is 11.8 Å². The van der Waals surface area contributed by atoms with Crippen LogP contribution in [-0.2, 0) is 12.5 Å². The fourth-order valence-electron chi connectivity index (χ4n) is 2.71. The fourth-order valence-corrected chi connectivity index (χ4v) is 3.50. The van der Waals surface area contributed by atoms with E-state index in [9.17, 15) is 9.18 Å². The second-order valence-corrected chi connectivity index (χ2v) is 8.33. The molecular weight excluding hydrogens is 361 g/mol. The van der Waals surface area contributed by atoms with Crippen molar-refractivity contribution in [2.45, 2.75) is 31.3 Å². The van der Waals surface area contributed by atoms with Gasteiger partial charge in [-0.05, 0) is 23.1 Å². The van der Waals surface area contributed by atoms with E-state index in [-0.39, 0.29) is 22.5 Å². The normalized spacial score (nSPS) is 11.6. The van der Waals surface area contributed by atoms with Gasteiger partial charge in [0, 0.05) is 12.6 Å². The molecule has 0 aliphatic carbocycles. The van der Waals surface area contributed by atoms with Crippen LogP contribution in [0.15, 0.2) is 53.7 Å². The molecule has 27 heavy (non-hydrogen) atoms. The first-order chi connectivity index (χ1) is 12.8. The van der Waals surface area contributed by atoms with E-state index in [0.717, 1.165) is 11.4 Å². The molecule has 3 aromatic rings. The van der Waals surface area contributed by atoms with Crippen LogP contribution in [0.1, 0.15) is 36.7 Å². The number of carbonyl (C=O) groups is 1. The smallest absolute Gasteiger partial charge is 0.191 e. The second kappa shape index (κ2) is 7.64. The Bertz CT molecular complexity index is 958. The van der Waals surface area contributed by atoms with Gasteiger partial charge in [-0.1, -0.05) is 68.9 Å². The summed E-state index contributed by atoms with van der Waals surface area (Å²) in [6, 6.07) is 14.3. The van der Waals surface area contributed by atoms with Crippen molar-refractivity contribution >= 4 is 17.5 Å². The van der Waals surface area contributed by atoms with Gasteiger partial charge in [-0.2, -0.15) is 0 Å². The average Bonchev–Trinajstić information content (AvgIpc) is 3.00. The maximum Gasteiger partial charge on any atom is 0.191 e. The predicted molar refractivity (Wildman–Crippen MR) is 107 cm³/mol. The summed E-state index contributed by atoms with van der Waals surface area (Å²) in [7, 11) is 1.86. The van der Waals surface area contributed by atoms with Crippen molar-refractivity contribution in [3.05, 3.63) is 65.5 Å². The van der Waals surface area contributed by atoms with E-state index >= 15 is 0 Å². The van der Waals surface area contributed by atoms with Crippen LogP contribution in [0.5, 0.6) is 0 Å². The van der Waals surface area contributed by atoms with Gasteiger partial charge in [-0.25, -0.2) is 4.39 Å². The first-order valence-electron chi connectivity index (χ1n) is 8.68. The number of thioether (sulfide) groups is 1. The van der Waals surface area contributed by atoms with Gasteiger partial charge in [0.1, 0.15) is 5.82 Å². The lowest BCUT2D eigenvalue weighted by atomic mass is 9.87. The zero-order valence-electron chi connectivity index (χ0n) is 15.9. The van der Waals surface area contributed by atoms with Crippen LogP contribution < -0.4 is 0 Å². The molecule has 0 amide bonds. The number of rotatable bonds is 5. The lowest BCUT2D eigenvalue weighted by Crippen LogP contribution is -2.10. The van der Waals surface area contributed by atoms with Gasteiger partial charge in [-0.15, -0.1) is 10.2 Å². The number of hydrogen-bond donors (Lipinski definition) is 0. The molecule has 0 aliphatic rings. The molecule has 0 atom stereocenters. The lowest BCUT2D eigenvalue weighted by molar-refractivity contribution is 0.101. The van der Waals surface area contributed by atoms with Crippen LogP contribution in [0.3, 0.4) is 0 Å². The minimum absolute atomic E-state index is 0.0898. The number of nitrogens with zero attached hydrogens (tertiary/aromatic N) is 3. The number of Topliss-reactive ketones (excluding diaryl/α,β-unsaturated/α-hetero) is 1. The topological polar surface area (TPSA) is 47.8 Å². The number of hydrogen-bond acceptors (Lipinski definition) is 4. The summed E-state index contributed by atoms with van der Waals surface area (Å²) < 4.78 is 15.6. The summed E-state index contributed by atoms with van der Waals surface area (Å²) in [6.45, 7) is 6.52. The highest BCUT2D eigenvalue weighted by Gasteiger charge is 2.17. The van der Waals surface area contributed by atoms with Crippen LogP contribution in [0.25, 0.3) is 11.4 Å². The van der Waals surface area contributed by atoms with Crippen LogP contribution in [0.2, 0.25) is 0 Å². The first kappa shape index (κ1) is 19.3. The third-order valence-electron chi connectivity index (χ3n) is 4.35. The molecule has 3 rings (SSSR count). The van der Waals surface area contributed by atoms with Crippen molar-refractivity contribution in [3.8, 4) is 11.4 Å². The Hall–Kier alpha value is -2.47. The van der Waals surface area contributed by atoms with Gasteiger partial charge in [-0.3, -0.25) is 4.79 Å². The number of halogens is 1. The van der Waals surface area contributed by atoms with Crippen molar-refractivity contribution in [1.29, 1.82) is 0 Å². The number of carbonyl (C=O) groups excluding carboxylic acids is 1. The summed E-state index contributed by atoms with van der Waals surface area (Å²) in [5.41, 5.74) is 2.40. The molecule has 0 aliphatic heterocycles. The Balaban J connectivity index is 1.74. The summed E-state index contributed by atoms with van der Waals surface area (Å²) in [5.74, 6) is 0.0738. The summed E-state index contributed by atoms with van der Waals surface area (Å²) in [5, 5.41) is 9.05. The van der Waals surface area contributed by atoms with Crippen molar-refractivity contribution < 1.29 is 9.18 Å². The maximum atomic E-state index is 13.7. The number of benzene rings is 2. The Kier molecular flexibility index (Phi) is 5.46. The highest BCUT2D eigenvalue weighted by Crippen LogP contribution is 2.27. The summed E-state index contributed by atoms with van der Waals surface area (Å²) in [6.07, 6.45) is 0. The molecule has 140 valence electrons. The van der Waals surface area contributed by atoms with E-state index in [4.69, 9.17) is 0 Å². The third kappa shape index (κ3) is 4.27. The minimum Gasteiger partial charge on any atom is -0.305 e. The van der Waals surface area contributed by atoms with Gasteiger partial charge >= 0.3 is 0 Å². The molecule has 0 spiro atoms. The highest BCUT2D eigenvalue weighted by molar-refractivity contribution is 7.99. The summed E-state index contributed by atoms with van der Waals surface area (Å²) in [4.78, 5) is 12.2. The lowest BCUT2D eigenvalue weighted by Gasteiger charge is -2.19. The Morgan fingerprint density at radius 2 is 1.74 bits per heavy atom. The molecule has 0 fully saturated rings. The molecule has 0 bridgehead atoms. The predicted octanol–water partition coefficient (Wildman–Crippen LogP) is 4.89. The molecule has 6 heteroatoms. The minimum atomic E-state index is -0.499. The maximum absolute atomic E-state index is 13.7. The van der Waals surface area contributed by atoms with E-state index in [1.54, 1.807) is 12.1 Å². The SMILES string of the molecule is Cn1c(SCC(=O)c2ccccc2F)nnc1-c1ccc(C(C)(C)C)cc1. The quantitative estimate of drug-likeness (QED) is 0.465. The molecule has 0 radical (unpaired) electrons. The standard InChI is InChI=1S/C21H22FN3OS/c1-21(2,3)15-11-9-14(10-12-15)19-23-24-20(25(19)4)27-13-18(26)16-7-5-6-8-17(16)22/h5-12H,13H2,1-4H3. The first-order valence-corrected chi connectivity index (χ1v) is 9.67. The Morgan fingerprint density at radius 1 is 1.07 bits per heavy atom. The van der Waals surface area contributed by atoms with Gasteiger partial charge in [0.15, 0.2) is 16.8 Å².